The molecule has 0 heterocycles. The summed E-state index contributed by atoms with van der Waals surface area (Å²) in [5, 5.41) is 3.60. The Morgan fingerprint density at radius 2 is 1.78 bits per heavy atom. The van der Waals surface area contributed by atoms with Crippen LogP contribution in [0.4, 0.5) is 5.69 Å². The van der Waals surface area contributed by atoms with Crippen LogP contribution < -0.4 is 10.2 Å². The fourth-order valence-corrected chi connectivity index (χ4v) is 1.88. The smallest absolute Gasteiger partial charge is 0.0361 e. The van der Waals surface area contributed by atoms with Crippen LogP contribution in [0.15, 0.2) is 24.3 Å². The second-order valence-electron chi connectivity index (χ2n) is 5.55. The lowest BCUT2D eigenvalue weighted by Gasteiger charge is -2.25. The number of nitrogens with zero attached hydrogens (tertiary/aromatic N) is 1. The minimum atomic E-state index is 0.290. The number of benzene rings is 1. The normalized spacial score (nSPS) is 13.4. The molecular weight excluding hydrogens is 240 g/mol. The zero-order chi connectivity index (χ0) is 13.8. The minimum absolute atomic E-state index is 0.290. The van der Waals surface area contributed by atoms with Gasteiger partial charge < -0.3 is 10.2 Å². The highest BCUT2D eigenvalue weighted by atomic mass is 32.2. The molecule has 3 heteroatoms. The molecule has 0 amide bonds. The second-order valence-corrected chi connectivity index (χ2v) is 7.07. The molecule has 0 spiro atoms. The maximum Gasteiger partial charge on any atom is 0.0361 e. The molecule has 1 N–H and O–H groups in total. The topological polar surface area (TPSA) is 15.3 Å². The van der Waals surface area contributed by atoms with Crippen molar-refractivity contribution in [3.05, 3.63) is 29.8 Å². The molecule has 0 aromatic heterocycles. The lowest BCUT2D eigenvalue weighted by atomic mass is 10.1. The predicted molar refractivity (Wildman–Crippen MR) is 84.8 cm³/mol. The molecule has 0 radical (unpaired) electrons. The standard InChI is InChI=1S/C15H26N2S/c1-12(16-11-15(2,3)18-6)13-7-9-14(10-8-13)17(4)5/h7-10,12,16H,11H2,1-6H3. The van der Waals surface area contributed by atoms with E-state index in [1.54, 1.807) is 0 Å². The van der Waals surface area contributed by atoms with Crippen molar-refractivity contribution in [3.8, 4) is 0 Å². The van der Waals surface area contributed by atoms with E-state index in [1.807, 2.05) is 11.8 Å². The quantitative estimate of drug-likeness (QED) is 0.848. The van der Waals surface area contributed by atoms with Crippen molar-refractivity contribution in [2.24, 2.45) is 0 Å². The van der Waals surface area contributed by atoms with E-state index in [9.17, 15) is 0 Å². The van der Waals surface area contributed by atoms with Crippen LogP contribution in [0.3, 0.4) is 0 Å². The maximum atomic E-state index is 3.60. The number of hydrogen-bond donors (Lipinski definition) is 1. The van der Waals surface area contributed by atoms with E-state index in [0.29, 0.717) is 6.04 Å². The van der Waals surface area contributed by atoms with E-state index in [-0.39, 0.29) is 4.75 Å². The van der Waals surface area contributed by atoms with E-state index < -0.39 is 0 Å². The summed E-state index contributed by atoms with van der Waals surface area (Å²) in [6.45, 7) is 7.78. The van der Waals surface area contributed by atoms with Gasteiger partial charge in [-0.3, -0.25) is 0 Å². The summed E-state index contributed by atoms with van der Waals surface area (Å²) < 4.78 is 0.290. The van der Waals surface area contributed by atoms with Gasteiger partial charge in [0.15, 0.2) is 0 Å². The molecule has 1 unspecified atom stereocenters. The molecule has 1 rings (SSSR count). The fourth-order valence-electron chi connectivity index (χ4n) is 1.65. The largest absolute Gasteiger partial charge is 0.378 e. The zero-order valence-electron chi connectivity index (χ0n) is 12.4. The molecule has 0 fully saturated rings. The summed E-state index contributed by atoms with van der Waals surface area (Å²) in [7, 11) is 4.13. The first-order valence-corrected chi connectivity index (χ1v) is 7.64. The lowest BCUT2D eigenvalue weighted by Crippen LogP contribution is -2.33. The molecular formula is C15H26N2S. The highest BCUT2D eigenvalue weighted by Crippen LogP contribution is 2.22. The SMILES string of the molecule is CSC(C)(C)CNC(C)c1ccc(N(C)C)cc1. The molecule has 0 aliphatic carbocycles. The summed E-state index contributed by atoms with van der Waals surface area (Å²) in [4.78, 5) is 2.12. The molecule has 102 valence electrons. The third-order valence-electron chi connectivity index (χ3n) is 3.30. The molecule has 0 saturated heterocycles. The lowest BCUT2D eigenvalue weighted by molar-refractivity contribution is 0.522. The monoisotopic (exact) mass is 266 g/mol. The van der Waals surface area contributed by atoms with Gasteiger partial charge in [0, 0.05) is 37.1 Å². The van der Waals surface area contributed by atoms with Crippen LogP contribution in [0, 0.1) is 0 Å². The predicted octanol–water partition coefficient (Wildman–Crippen LogP) is 3.54. The molecule has 0 aliphatic rings. The molecule has 0 aliphatic heterocycles. The van der Waals surface area contributed by atoms with Crippen LogP contribution >= 0.6 is 11.8 Å². The van der Waals surface area contributed by atoms with Crippen molar-refractivity contribution >= 4 is 17.4 Å². The van der Waals surface area contributed by atoms with E-state index in [4.69, 9.17) is 0 Å². The Morgan fingerprint density at radius 3 is 2.22 bits per heavy atom. The van der Waals surface area contributed by atoms with Gasteiger partial charge in [0.1, 0.15) is 0 Å². The van der Waals surface area contributed by atoms with Crippen molar-refractivity contribution in [1.29, 1.82) is 0 Å². The van der Waals surface area contributed by atoms with Gasteiger partial charge in [-0.2, -0.15) is 11.8 Å². The Labute approximate surface area is 116 Å². The van der Waals surface area contributed by atoms with Gasteiger partial charge in [0.05, 0.1) is 0 Å². The minimum Gasteiger partial charge on any atom is -0.378 e. The average Bonchev–Trinajstić information content (AvgIpc) is 2.36. The van der Waals surface area contributed by atoms with Gasteiger partial charge in [-0.25, -0.2) is 0 Å². The number of rotatable bonds is 6. The molecule has 1 atom stereocenters. The highest BCUT2D eigenvalue weighted by Gasteiger charge is 2.17. The number of hydrogen-bond acceptors (Lipinski definition) is 3. The number of nitrogens with one attached hydrogen (secondary N) is 1. The Kier molecular flexibility index (Phi) is 5.54. The highest BCUT2D eigenvalue weighted by molar-refractivity contribution is 7.99. The maximum absolute atomic E-state index is 3.60. The summed E-state index contributed by atoms with van der Waals surface area (Å²) in [5.41, 5.74) is 2.59. The van der Waals surface area contributed by atoms with Gasteiger partial charge in [0.2, 0.25) is 0 Å². The first-order valence-electron chi connectivity index (χ1n) is 6.41. The van der Waals surface area contributed by atoms with Crippen LogP contribution in [0.2, 0.25) is 0 Å². The summed E-state index contributed by atoms with van der Waals surface area (Å²) in [6, 6.07) is 9.16. The van der Waals surface area contributed by atoms with Gasteiger partial charge >= 0.3 is 0 Å². The molecule has 0 bridgehead atoms. The van der Waals surface area contributed by atoms with Crippen molar-refractivity contribution in [3.63, 3.8) is 0 Å². The van der Waals surface area contributed by atoms with Crippen molar-refractivity contribution in [2.45, 2.75) is 31.6 Å². The van der Waals surface area contributed by atoms with Crippen molar-refractivity contribution in [1.82, 2.24) is 5.32 Å². The van der Waals surface area contributed by atoms with Crippen LogP contribution in [0.5, 0.6) is 0 Å². The van der Waals surface area contributed by atoms with Gasteiger partial charge in [0.25, 0.3) is 0 Å². The van der Waals surface area contributed by atoms with Gasteiger partial charge in [-0.1, -0.05) is 12.1 Å². The van der Waals surface area contributed by atoms with Gasteiger partial charge in [-0.05, 0) is 44.7 Å². The first-order chi connectivity index (χ1) is 8.35. The van der Waals surface area contributed by atoms with Crippen LogP contribution in [-0.2, 0) is 0 Å². The van der Waals surface area contributed by atoms with Crippen LogP contribution in [0.1, 0.15) is 32.4 Å². The Bertz CT molecular complexity index is 357. The van der Waals surface area contributed by atoms with Crippen LogP contribution in [0.25, 0.3) is 0 Å². The third-order valence-corrected chi connectivity index (χ3v) is 4.55. The van der Waals surface area contributed by atoms with E-state index in [2.05, 4.69) is 75.6 Å². The number of thioether (sulfide) groups is 1. The van der Waals surface area contributed by atoms with Crippen molar-refractivity contribution < 1.29 is 0 Å². The first kappa shape index (κ1) is 15.4. The zero-order valence-corrected chi connectivity index (χ0v) is 13.3. The molecule has 18 heavy (non-hydrogen) atoms. The summed E-state index contributed by atoms with van der Waals surface area (Å²) >= 11 is 1.90. The van der Waals surface area contributed by atoms with Gasteiger partial charge in [-0.15, -0.1) is 0 Å². The van der Waals surface area contributed by atoms with Crippen molar-refractivity contribution in [2.75, 3.05) is 31.8 Å². The van der Waals surface area contributed by atoms with E-state index in [1.165, 1.54) is 11.3 Å². The average molecular weight is 266 g/mol. The van der Waals surface area contributed by atoms with E-state index >= 15 is 0 Å². The second kappa shape index (κ2) is 6.48. The summed E-state index contributed by atoms with van der Waals surface area (Å²) in [5.74, 6) is 0. The fraction of sp³-hybridized carbons (Fsp3) is 0.600. The Balaban J connectivity index is 2.59. The third kappa shape index (κ3) is 4.54. The molecule has 2 nitrogen and oxygen atoms in total. The molecule has 0 saturated carbocycles. The Hall–Kier alpha value is -0.670. The number of anilines is 1. The summed E-state index contributed by atoms with van der Waals surface area (Å²) in [6.07, 6.45) is 2.16. The molecule has 1 aromatic carbocycles. The Morgan fingerprint density at radius 1 is 1.22 bits per heavy atom. The van der Waals surface area contributed by atoms with Crippen LogP contribution in [-0.4, -0.2) is 31.6 Å². The van der Waals surface area contributed by atoms with E-state index in [0.717, 1.165) is 6.54 Å². The molecule has 1 aromatic rings.